The van der Waals surface area contributed by atoms with Gasteiger partial charge >= 0.3 is 0 Å². The van der Waals surface area contributed by atoms with E-state index in [1.54, 1.807) is 56.4 Å². The minimum absolute atomic E-state index is 0.147. The largest absolute Gasteiger partial charge is 0.479 e. The highest BCUT2D eigenvalue weighted by molar-refractivity contribution is 7.99. The summed E-state index contributed by atoms with van der Waals surface area (Å²) in [5, 5.41) is 19.8. The smallest absolute Gasteiger partial charge is 0.265 e. The highest BCUT2D eigenvalue weighted by Crippen LogP contribution is 2.32. The second-order valence-corrected chi connectivity index (χ2v) is 7.86. The number of aromatic nitrogens is 4. The van der Waals surface area contributed by atoms with Crippen molar-refractivity contribution in [3.63, 3.8) is 0 Å². The monoisotopic (exact) mass is 453 g/mol. The molecule has 3 aromatic rings. The molecule has 1 aliphatic rings. The number of tetrazole rings is 1. The van der Waals surface area contributed by atoms with Crippen molar-refractivity contribution in [2.45, 2.75) is 18.2 Å². The summed E-state index contributed by atoms with van der Waals surface area (Å²) in [7, 11) is 1.69. The predicted molar refractivity (Wildman–Crippen MR) is 118 cm³/mol. The van der Waals surface area contributed by atoms with Crippen molar-refractivity contribution >= 4 is 46.5 Å². The number of amides is 3. The lowest BCUT2D eigenvalue weighted by molar-refractivity contribution is -0.122. The molecule has 1 aromatic heterocycles. The molecule has 164 valence electrons. The van der Waals surface area contributed by atoms with E-state index >= 15 is 0 Å². The number of hydrogen-bond acceptors (Lipinski definition) is 8. The second kappa shape index (κ2) is 9.06. The van der Waals surface area contributed by atoms with Gasteiger partial charge in [0.25, 0.3) is 11.8 Å². The Morgan fingerprint density at radius 3 is 2.62 bits per heavy atom. The van der Waals surface area contributed by atoms with Gasteiger partial charge in [0.2, 0.25) is 11.1 Å². The fourth-order valence-corrected chi connectivity index (χ4v) is 3.52. The maximum absolute atomic E-state index is 12.6. The lowest BCUT2D eigenvalue weighted by Crippen LogP contribution is -2.34. The number of ether oxygens (including phenoxy) is 1. The first-order chi connectivity index (χ1) is 15.4. The van der Waals surface area contributed by atoms with Crippen LogP contribution >= 0.6 is 11.8 Å². The molecule has 1 unspecified atom stereocenters. The number of benzene rings is 2. The number of carbonyl (C=O) groups is 3. The maximum atomic E-state index is 12.6. The van der Waals surface area contributed by atoms with Crippen LogP contribution in [0.15, 0.2) is 47.6 Å². The molecule has 1 atom stereocenters. The average molecular weight is 453 g/mol. The van der Waals surface area contributed by atoms with E-state index in [0.29, 0.717) is 33.5 Å². The fraction of sp³-hybridized carbons (Fsp3) is 0.200. The number of rotatable bonds is 6. The van der Waals surface area contributed by atoms with Crippen LogP contribution in [0.4, 0.5) is 17.1 Å². The van der Waals surface area contributed by atoms with Gasteiger partial charge in [-0.15, -0.1) is 5.10 Å². The molecular formula is C20H19N7O4S. The molecule has 0 aliphatic carbocycles. The molecule has 0 saturated carbocycles. The van der Waals surface area contributed by atoms with Gasteiger partial charge in [-0.25, -0.2) is 4.68 Å². The summed E-state index contributed by atoms with van der Waals surface area (Å²) in [6.07, 6.45) is -0.565. The van der Waals surface area contributed by atoms with E-state index in [9.17, 15) is 14.4 Å². The van der Waals surface area contributed by atoms with Gasteiger partial charge in [-0.05, 0) is 59.8 Å². The van der Waals surface area contributed by atoms with Crippen LogP contribution in [0.5, 0.6) is 5.75 Å². The van der Waals surface area contributed by atoms with Crippen molar-refractivity contribution in [2.75, 3.05) is 21.7 Å². The lowest BCUT2D eigenvalue weighted by atomic mass is 10.1. The first-order valence-electron chi connectivity index (χ1n) is 9.57. The zero-order chi connectivity index (χ0) is 22.7. The molecule has 2 aromatic carbocycles. The van der Waals surface area contributed by atoms with Crippen molar-refractivity contribution in [2.24, 2.45) is 7.05 Å². The van der Waals surface area contributed by atoms with Crippen molar-refractivity contribution < 1.29 is 19.1 Å². The van der Waals surface area contributed by atoms with Gasteiger partial charge in [0.05, 0.1) is 11.4 Å². The molecule has 3 N–H and O–H groups in total. The zero-order valence-electron chi connectivity index (χ0n) is 17.2. The molecule has 0 fully saturated rings. The Hall–Kier alpha value is -3.93. The third-order valence-electron chi connectivity index (χ3n) is 4.51. The van der Waals surface area contributed by atoms with Gasteiger partial charge < -0.3 is 20.7 Å². The van der Waals surface area contributed by atoms with Gasteiger partial charge in [0.1, 0.15) is 5.75 Å². The highest BCUT2D eigenvalue weighted by atomic mass is 32.2. The molecule has 4 rings (SSSR count). The number of thioether (sulfide) groups is 1. The summed E-state index contributed by atoms with van der Waals surface area (Å²) in [5.74, 6) is -0.102. The van der Waals surface area contributed by atoms with Crippen LogP contribution < -0.4 is 20.7 Å². The van der Waals surface area contributed by atoms with Gasteiger partial charge in [-0.3, -0.25) is 14.4 Å². The average Bonchev–Trinajstić information content (AvgIpc) is 3.18. The summed E-state index contributed by atoms with van der Waals surface area (Å²) in [4.78, 5) is 36.4. The van der Waals surface area contributed by atoms with Crippen molar-refractivity contribution in [1.82, 2.24) is 20.2 Å². The van der Waals surface area contributed by atoms with Crippen molar-refractivity contribution in [1.29, 1.82) is 0 Å². The summed E-state index contributed by atoms with van der Waals surface area (Å²) < 4.78 is 6.99. The first-order valence-corrected chi connectivity index (χ1v) is 10.6. The standard InChI is InChI=1S/C20H19N7O4S/c1-11-18(29)23-15-9-14(7-8-16(15)31-11)22-19(30)12-3-5-13(6-4-12)21-17(28)10-32-20-24-25-26-27(20)2/h3-9,11H,10H2,1-2H3,(H,21,28)(H,22,30)(H,23,29). The minimum atomic E-state index is -0.565. The first kappa shape index (κ1) is 21.3. The summed E-state index contributed by atoms with van der Waals surface area (Å²) in [5.41, 5.74) is 1.99. The highest BCUT2D eigenvalue weighted by Gasteiger charge is 2.23. The van der Waals surface area contributed by atoms with Crippen LogP contribution in [0.25, 0.3) is 0 Å². The number of carbonyl (C=O) groups excluding carboxylic acids is 3. The van der Waals surface area contributed by atoms with Gasteiger partial charge in [0, 0.05) is 24.0 Å². The predicted octanol–water partition coefficient (Wildman–Crippen LogP) is 1.91. The maximum Gasteiger partial charge on any atom is 0.265 e. The number of nitrogens with one attached hydrogen (secondary N) is 3. The number of hydrogen-bond donors (Lipinski definition) is 3. The van der Waals surface area contributed by atoms with E-state index in [2.05, 4.69) is 31.5 Å². The summed E-state index contributed by atoms with van der Waals surface area (Å²) >= 11 is 1.22. The van der Waals surface area contributed by atoms with Crippen molar-refractivity contribution in [3.8, 4) is 5.75 Å². The van der Waals surface area contributed by atoms with E-state index < -0.39 is 6.10 Å². The normalized spacial score (nSPS) is 14.7. The molecule has 12 heteroatoms. The topological polar surface area (TPSA) is 140 Å². The molecule has 11 nitrogen and oxygen atoms in total. The van der Waals surface area contributed by atoms with E-state index in [1.165, 1.54) is 16.4 Å². The van der Waals surface area contributed by atoms with E-state index in [0.717, 1.165) is 0 Å². The molecule has 1 aliphatic heterocycles. The molecule has 0 bridgehead atoms. The zero-order valence-corrected chi connectivity index (χ0v) is 18.0. The fourth-order valence-electron chi connectivity index (χ4n) is 2.87. The third kappa shape index (κ3) is 4.86. The molecule has 3 amide bonds. The molecule has 2 heterocycles. The number of anilines is 3. The quantitative estimate of drug-likeness (QED) is 0.481. The van der Waals surface area contributed by atoms with Crippen LogP contribution in [0.1, 0.15) is 17.3 Å². The third-order valence-corrected chi connectivity index (χ3v) is 5.52. The Balaban J connectivity index is 1.33. The Morgan fingerprint density at radius 2 is 1.91 bits per heavy atom. The Labute approximate surface area is 186 Å². The van der Waals surface area contributed by atoms with Crippen LogP contribution in [0, 0.1) is 0 Å². The number of aryl methyl sites for hydroxylation is 1. The van der Waals surface area contributed by atoms with Gasteiger partial charge in [-0.2, -0.15) is 0 Å². The molecule has 0 radical (unpaired) electrons. The van der Waals surface area contributed by atoms with E-state index in [1.807, 2.05) is 0 Å². The van der Waals surface area contributed by atoms with Crippen LogP contribution in [-0.4, -0.2) is 49.8 Å². The van der Waals surface area contributed by atoms with Crippen LogP contribution in [0.2, 0.25) is 0 Å². The Bertz CT molecular complexity index is 1180. The van der Waals surface area contributed by atoms with E-state index in [4.69, 9.17) is 4.74 Å². The second-order valence-electron chi connectivity index (χ2n) is 6.91. The van der Waals surface area contributed by atoms with Crippen LogP contribution in [-0.2, 0) is 16.6 Å². The molecule has 0 saturated heterocycles. The van der Waals surface area contributed by atoms with E-state index in [-0.39, 0.29) is 23.5 Å². The Morgan fingerprint density at radius 1 is 1.16 bits per heavy atom. The number of fused-ring (bicyclic) bond motifs is 1. The number of nitrogens with zero attached hydrogens (tertiary/aromatic N) is 4. The van der Waals surface area contributed by atoms with Crippen molar-refractivity contribution in [3.05, 3.63) is 48.0 Å². The Kier molecular flexibility index (Phi) is 6.03. The van der Waals surface area contributed by atoms with Crippen LogP contribution in [0.3, 0.4) is 0 Å². The molecule has 0 spiro atoms. The molecular weight excluding hydrogens is 434 g/mol. The summed E-state index contributed by atoms with van der Waals surface area (Å²) in [6.45, 7) is 1.66. The summed E-state index contributed by atoms with van der Waals surface area (Å²) in [6, 6.07) is 11.5. The minimum Gasteiger partial charge on any atom is -0.479 e. The lowest BCUT2D eigenvalue weighted by Gasteiger charge is -2.23. The van der Waals surface area contributed by atoms with Gasteiger partial charge in [0.15, 0.2) is 6.10 Å². The molecule has 32 heavy (non-hydrogen) atoms. The SMILES string of the molecule is CC1Oc2ccc(NC(=O)c3ccc(NC(=O)CSc4nnnn4C)cc3)cc2NC1=O. The van der Waals surface area contributed by atoms with Gasteiger partial charge in [-0.1, -0.05) is 11.8 Å².